The minimum absolute atomic E-state index is 0.0262. The number of methoxy groups -OCH3 is 3. The van der Waals surface area contributed by atoms with Gasteiger partial charge in [0.05, 0.1) is 36.2 Å². The van der Waals surface area contributed by atoms with Crippen LogP contribution in [0.1, 0.15) is 124 Å². The van der Waals surface area contributed by atoms with Gasteiger partial charge in [-0.15, -0.1) is 0 Å². The lowest BCUT2D eigenvalue weighted by atomic mass is 9.81. The summed E-state index contributed by atoms with van der Waals surface area (Å²) in [6.45, 7) is 13.6. The van der Waals surface area contributed by atoms with Gasteiger partial charge in [-0.25, -0.2) is 9.78 Å². The minimum Gasteiger partial charge on any atom is -0.456 e. The molecule has 1 saturated carbocycles. The summed E-state index contributed by atoms with van der Waals surface area (Å²) in [7, 11) is 4.74. The van der Waals surface area contributed by atoms with Crippen molar-refractivity contribution in [1.29, 1.82) is 0 Å². The molecule has 4 aliphatic rings. The number of aliphatic hydroxyl groups is 2. The molecule has 1 aliphatic carbocycles. The Morgan fingerprint density at radius 1 is 0.952 bits per heavy atom. The molecule has 2 bridgehead atoms. The number of amides is 1. The van der Waals surface area contributed by atoms with E-state index in [0.29, 0.717) is 50.7 Å². The highest BCUT2D eigenvalue weighted by Gasteiger charge is 2.56. The third-order valence-electron chi connectivity index (χ3n) is 14.1. The zero-order valence-corrected chi connectivity index (χ0v) is 39.3. The fourth-order valence-corrected chi connectivity index (χ4v) is 10.3. The number of carbonyl (C=O) groups excluding carboxylic acids is 4. The number of hydrogen-bond acceptors (Lipinski definition) is 13. The van der Waals surface area contributed by atoms with Crippen molar-refractivity contribution >= 4 is 23.4 Å². The number of rotatable bonds is 9. The third-order valence-corrected chi connectivity index (χ3v) is 14.1. The molecular weight excluding hydrogens is 811 g/mol. The molecule has 63 heavy (non-hydrogen) atoms. The van der Waals surface area contributed by atoms with Crippen molar-refractivity contribution in [2.24, 2.45) is 29.6 Å². The molecule has 14 unspecified atom stereocenters. The molecule has 3 N–H and O–H groups in total. The van der Waals surface area contributed by atoms with E-state index in [2.05, 4.69) is 23.0 Å². The number of fused-ring (bicyclic) bond motifs is 3. The number of carbonyl (C=O) groups is 4. The van der Waals surface area contributed by atoms with Crippen LogP contribution in [0.2, 0.25) is 0 Å². The first-order valence-corrected chi connectivity index (χ1v) is 23.2. The fourth-order valence-electron chi connectivity index (χ4n) is 10.3. The number of aromatic amines is 1. The number of ketones is 2. The average Bonchev–Trinajstić information content (AvgIpc) is 3.69. The van der Waals surface area contributed by atoms with Crippen LogP contribution >= 0.6 is 0 Å². The SMILES string of the molecule is CCC1/C=C(\C)CC(C)CC(OC)C2OC(O)(C(=O)C(=O)N3CCCCC3C(=O)OC(C(C)=CC3CCC(OCc4nc(C)c[nH]4)C(OC)C3)C(C)C(O)CC1=O)C(C)CC2OC. The number of cyclic esters (lactones) is 1. The lowest BCUT2D eigenvalue weighted by Crippen LogP contribution is -2.64. The van der Waals surface area contributed by atoms with Crippen molar-refractivity contribution in [3.8, 4) is 0 Å². The molecule has 4 heterocycles. The average molecular weight is 886 g/mol. The Morgan fingerprint density at radius 3 is 2.30 bits per heavy atom. The van der Waals surface area contributed by atoms with Crippen LogP contribution < -0.4 is 0 Å². The van der Waals surface area contributed by atoms with E-state index in [4.69, 9.17) is 28.4 Å². The van der Waals surface area contributed by atoms with Crippen molar-refractivity contribution in [2.45, 2.75) is 180 Å². The third kappa shape index (κ3) is 12.3. The van der Waals surface area contributed by atoms with Gasteiger partial charge in [0, 0.05) is 58.2 Å². The number of aryl methyl sites for hydroxylation is 1. The van der Waals surface area contributed by atoms with Crippen molar-refractivity contribution in [3.63, 3.8) is 0 Å². The number of hydrogen-bond donors (Lipinski definition) is 3. The van der Waals surface area contributed by atoms with E-state index >= 15 is 0 Å². The second-order valence-electron chi connectivity index (χ2n) is 18.9. The number of ether oxygens (including phenoxy) is 6. The van der Waals surface area contributed by atoms with Gasteiger partial charge < -0.3 is 48.5 Å². The molecule has 0 radical (unpaired) electrons. The molecule has 2 saturated heterocycles. The first-order chi connectivity index (χ1) is 29.9. The smallest absolute Gasteiger partial charge is 0.329 e. The van der Waals surface area contributed by atoms with Crippen LogP contribution in [0.5, 0.6) is 0 Å². The molecule has 15 heteroatoms. The van der Waals surface area contributed by atoms with Gasteiger partial charge in [0.2, 0.25) is 5.79 Å². The van der Waals surface area contributed by atoms with E-state index in [1.807, 2.05) is 40.0 Å². The van der Waals surface area contributed by atoms with E-state index < -0.39 is 77.8 Å². The molecule has 354 valence electrons. The van der Waals surface area contributed by atoms with Gasteiger partial charge >= 0.3 is 5.97 Å². The van der Waals surface area contributed by atoms with E-state index in [1.54, 1.807) is 21.0 Å². The number of piperidine rings is 1. The zero-order valence-electron chi connectivity index (χ0n) is 39.3. The van der Waals surface area contributed by atoms with Gasteiger partial charge in [0.15, 0.2) is 0 Å². The number of Topliss-reactive ketones (excluding diaryl/α,β-unsaturated/α-hetero) is 2. The number of nitrogens with zero attached hydrogens (tertiary/aromatic N) is 2. The van der Waals surface area contributed by atoms with Gasteiger partial charge in [-0.3, -0.25) is 14.4 Å². The molecule has 1 aromatic heterocycles. The van der Waals surface area contributed by atoms with Crippen LogP contribution in [0.25, 0.3) is 0 Å². The molecule has 1 aromatic rings. The molecule has 1 amide bonds. The summed E-state index contributed by atoms with van der Waals surface area (Å²) < 4.78 is 36.6. The van der Waals surface area contributed by atoms with Gasteiger partial charge in [-0.05, 0) is 102 Å². The predicted molar refractivity (Wildman–Crippen MR) is 234 cm³/mol. The highest BCUT2D eigenvalue weighted by atomic mass is 16.7. The molecular formula is C48H75N3O12. The maximum Gasteiger partial charge on any atom is 0.329 e. The molecule has 15 nitrogen and oxygen atoms in total. The highest BCUT2D eigenvalue weighted by Crippen LogP contribution is 2.39. The van der Waals surface area contributed by atoms with Crippen molar-refractivity contribution in [3.05, 3.63) is 41.0 Å². The number of aliphatic hydroxyl groups excluding tert-OH is 1. The Morgan fingerprint density at radius 2 is 1.65 bits per heavy atom. The molecule has 3 fully saturated rings. The summed E-state index contributed by atoms with van der Waals surface area (Å²) in [4.78, 5) is 65.8. The van der Waals surface area contributed by atoms with E-state index in [-0.39, 0.29) is 55.6 Å². The number of allylic oxidation sites excluding steroid dienone is 3. The monoisotopic (exact) mass is 886 g/mol. The van der Waals surface area contributed by atoms with Crippen LogP contribution in [0.15, 0.2) is 29.5 Å². The number of aromatic nitrogens is 2. The summed E-state index contributed by atoms with van der Waals surface area (Å²) in [5.41, 5.74) is 2.58. The summed E-state index contributed by atoms with van der Waals surface area (Å²) >= 11 is 0. The summed E-state index contributed by atoms with van der Waals surface area (Å²) in [6, 6.07) is -1.14. The molecule has 5 rings (SSSR count). The number of nitrogens with one attached hydrogen (secondary N) is 1. The highest BCUT2D eigenvalue weighted by molar-refractivity contribution is 6.39. The molecule has 0 aromatic carbocycles. The number of esters is 1. The Hall–Kier alpha value is -3.31. The van der Waals surface area contributed by atoms with E-state index in [1.165, 1.54) is 19.1 Å². The second kappa shape index (κ2) is 22.7. The normalized spacial score (nSPS) is 38.3. The largest absolute Gasteiger partial charge is 0.456 e. The predicted octanol–water partition coefficient (Wildman–Crippen LogP) is 5.73. The van der Waals surface area contributed by atoms with Crippen LogP contribution in [0.4, 0.5) is 0 Å². The summed E-state index contributed by atoms with van der Waals surface area (Å²) in [5, 5.41) is 23.9. The van der Waals surface area contributed by atoms with Gasteiger partial charge in [-0.2, -0.15) is 0 Å². The van der Waals surface area contributed by atoms with Crippen molar-refractivity contribution < 1.29 is 57.8 Å². The summed E-state index contributed by atoms with van der Waals surface area (Å²) in [5.74, 6) is -6.72. The maximum absolute atomic E-state index is 14.5. The van der Waals surface area contributed by atoms with Gasteiger partial charge in [-0.1, -0.05) is 45.4 Å². The fraction of sp³-hybridized carbons (Fsp3) is 0.771. The van der Waals surface area contributed by atoms with Crippen molar-refractivity contribution in [2.75, 3.05) is 27.9 Å². The Bertz CT molecular complexity index is 1780. The van der Waals surface area contributed by atoms with Gasteiger partial charge in [0.1, 0.15) is 36.5 Å². The van der Waals surface area contributed by atoms with Crippen LogP contribution in [0, 0.1) is 36.5 Å². The Balaban J connectivity index is 1.47. The number of H-pyrrole nitrogens is 1. The second-order valence-corrected chi connectivity index (χ2v) is 18.9. The first kappa shape index (κ1) is 50.7. The topological polar surface area (TPSA) is 196 Å². The number of imidazole rings is 1. The van der Waals surface area contributed by atoms with Crippen molar-refractivity contribution in [1.82, 2.24) is 14.9 Å². The molecule has 0 spiro atoms. The van der Waals surface area contributed by atoms with Crippen LogP contribution in [-0.4, -0.2) is 131 Å². The molecule has 14 atom stereocenters. The molecule has 3 aliphatic heterocycles. The standard InChI is InChI=1S/C48H75N3O12/c1-11-34-19-27(2)18-28(3)20-40(59-9)44-41(60-10)22-30(5)48(57,63-44)45(54)46(55)51-17-13-12-14-35(51)47(56)62-43(32(7)36(52)24-37(34)53)29(4)21-33-15-16-38(39(23-33)58-8)61-26-42-49-25-31(6)50-42/h19,21,25,28,30,32-36,38-41,43-44,52,57H,11-18,20,22-24,26H2,1-10H3,(H,49,50)/b27-19+,29-21?. The van der Waals surface area contributed by atoms with E-state index in [9.17, 15) is 29.4 Å². The zero-order chi connectivity index (χ0) is 46.2. The van der Waals surface area contributed by atoms with Crippen LogP contribution in [0.3, 0.4) is 0 Å². The summed E-state index contributed by atoms with van der Waals surface area (Å²) in [6.07, 6.45) is 6.55. The quantitative estimate of drug-likeness (QED) is 0.155. The van der Waals surface area contributed by atoms with Crippen LogP contribution in [-0.2, 0) is 54.2 Å². The Kier molecular flexibility index (Phi) is 18.3. The van der Waals surface area contributed by atoms with E-state index in [0.717, 1.165) is 29.9 Å². The first-order valence-electron chi connectivity index (χ1n) is 23.2. The van der Waals surface area contributed by atoms with Gasteiger partial charge in [0.25, 0.3) is 11.7 Å². The lowest BCUT2D eigenvalue weighted by molar-refractivity contribution is -0.302. The lowest BCUT2D eigenvalue weighted by Gasteiger charge is -2.47. The minimum atomic E-state index is -2.51. The maximum atomic E-state index is 14.5. The Labute approximate surface area is 374 Å².